The smallest absolute Gasteiger partial charge is 0.325 e. The largest absolute Gasteiger partial charge is 0.497 e. The zero-order valence-corrected chi connectivity index (χ0v) is 18.5. The average molecular weight is 447 g/mol. The van der Waals surface area contributed by atoms with Crippen molar-refractivity contribution in [3.05, 3.63) is 47.3 Å². The van der Waals surface area contributed by atoms with E-state index in [2.05, 4.69) is 4.99 Å². The molecule has 9 heteroatoms. The number of nitrogens with zero attached hydrogens (tertiary/aromatic N) is 2. The summed E-state index contributed by atoms with van der Waals surface area (Å²) < 4.78 is 17.8. The number of aromatic nitrogens is 1. The van der Waals surface area contributed by atoms with Crippen LogP contribution in [0.2, 0.25) is 0 Å². The molecule has 158 valence electrons. The molecule has 0 bridgehead atoms. The third-order valence-corrected chi connectivity index (χ3v) is 6.32. The van der Waals surface area contributed by atoms with E-state index in [9.17, 15) is 9.59 Å². The first-order valence-corrected chi connectivity index (χ1v) is 10.9. The van der Waals surface area contributed by atoms with Crippen molar-refractivity contribution in [3.8, 4) is 11.5 Å². The number of rotatable bonds is 8. The topological polar surface area (TPSA) is 79.1 Å². The van der Waals surface area contributed by atoms with Gasteiger partial charge in [0.15, 0.2) is 4.80 Å². The highest BCUT2D eigenvalue weighted by Gasteiger charge is 2.12. The van der Waals surface area contributed by atoms with Crippen LogP contribution in [0.3, 0.4) is 0 Å². The average Bonchev–Trinajstić information content (AvgIpc) is 3.09. The standard InChI is InChI=1S/C21H22N2O5S2/c1-26-14-4-7-16(8-5-14)29-11-10-19(24)22-21-23(13-20(25)28-3)17-9-6-15(27-2)12-18(17)30-21/h4-9,12H,10-11,13H2,1-3H3. The minimum Gasteiger partial charge on any atom is -0.497 e. The number of carbonyl (C=O) groups is 2. The molecule has 3 aromatic rings. The molecule has 2 aromatic carbocycles. The molecule has 0 aliphatic carbocycles. The van der Waals surface area contributed by atoms with E-state index >= 15 is 0 Å². The number of benzene rings is 2. The maximum absolute atomic E-state index is 12.5. The summed E-state index contributed by atoms with van der Waals surface area (Å²) in [6, 6.07) is 13.2. The number of amides is 1. The van der Waals surface area contributed by atoms with Gasteiger partial charge in [-0.25, -0.2) is 0 Å². The van der Waals surface area contributed by atoms with E-state index in [1.54, 1.807) is 36.6 Å². The van der Waals surface area contributed by atoms with Crippen LogP contribution in [0.4, 0.5) is 0 Å². The van der Waals surface area contributed by atoms with Gasteiger partial charge in [-0.2, -0.15) is 4.99 Å². The van der Waals surface area contributed by atoms with E-state index < -0.39 is 5.97 Å². The first-order chi connectivity index (χ1) is 14.5. The lowest BCUT2D eigenvalue weighted by Crippen LogP contribution is -2.22. The van der Waals surface area contributed by atoms with Crippen molar-refractivity contribution in [3.63, 3.8) is 0 Å². The molecular weight excluding hydrogens is 424 g/mol. The lowest BCUT2D eigenvalue weighted by molar-refractivity contribution is -0.141. The Morgan fingerprint density at radius 1 is 1.03 bits per heavy atom. The second-order valence-electron chi connectivity index (χ2n) is 6.16. The predicted molar refractivity (Wildman–Crippen MR) is 117 cm³/mol. The molecule has 0 N–H and O–H groups in total. The van der Waals surface area contributed by atoms with Gasteiger partial charge in [0.05, 0.1) is 31.5 Å². The molecule has 0 saturated carbocycles. The van der Waals surface area contributed by atoms with Gasteiger partial charge in [0, 0.05) is 17.1 Å². The lowest BCUT2D eigenvalue weighted by atomic mass is 10.3. The minimum atomic E-state index is -0.408. The number of carbonyl (C=O) groups excluding carboxylic acids is 2. The van der Waals surface area contributed by atoms with Crippen LogP contribution < -0.4 is 14.3 Å². The van der Waals surface area contributed by atoms with Crippen LogP contribution >= 0.6 is 23.1 Å². The molecule has 1 amide bonds. The zero-order valence-electron chi connectivity index (χ0n) is 16.9. The fourth-order valence-electron chi connectivity index (χ4n) is 2.70. The zero-order chi connectivity index (χ0) is 21.5. The number of thioether (sulfide) groups is 1. The third kappa shape index (κ3) is 5.43. The summed E-state index contributed by atoms with van der Waals surface area (Å²) in [7, 11) is 4.55. The molecule has 0 radical (unpaired) electrons. The molecule has 1 heterocycles. The highest BCUT2D eigenvalue weighted by molar-refractivity contribution is 7.99. The Morgan fingerprint density at radius 3 is 2.40 bits per heavy atom. The Balaban J connectivity index is 1.77. The van der Waals surface area contributed by atoms with Crippen molar-refractivity contribution >= 4 is 45.2 Å². The molecule has 1 aromatic heterocycles. The first-order valence-electron chi connectivity index (χ1n) is 9.12. The first kappa shape index (κ1) is 21.9. The van der Waals surface area contributed by atoms with Gasteiger partial charge in [-0.15, -0.1) is 11.8 Å². The molecule has 0 aliphatic heterocycles. The summed E-state index contributed by atoms with van der Waals surface area (Å²) in [5.74, 6) is 1.44. The third-order valence-electron chi connectivity index (χ3n) is 4.27. The maximum Gasteiger partial charge on any atom is 0.325 e. The summed E-state index contributed by atoms with van der Waals surface area (Å²) >= 11 is 2.91. The normalized spacial score (nSPS) is 11.5. The van der Waals surface area contributed by atoms with Gasteiger partial charge in [-0.05, 0) is 42.5 Å². The van der Waals surface area contributed by atoms with Gasteiger partial charge in [0.25, 0.3) is 0 Å². The molecule has 0 saturated heterocycles. The Hall–Kier alpha value is -2.78. The van der Waals surface area contributed by atoms with Crippen molar-refractivity contribution in [1.82, 2.24) is 4.57 Å². The number of thiazole rings is 1. The second kappa shape index (κ2) is 10.3. The Kier molecular flexibility index (Phi) is 7.53. The van der Waals surface area contributed by atoms with Gasteiger partial charge in [0.1, 0.15) is 18.0 Å². The molecule has 0 atom stereocenters. The molecule has 3 rings (SSSR count). The summed E-state index contributed by atoms with van der Waals surface area (Å²) in [4.78, 5) is 30.1. The Labute approximate surface area is 182 Å². The van der Waals surface area contributed by atoms with E-state index in [1.807, 2.05) is 36.4 Å². The van der Waals surface area contributed by atoms with Crippen molar-refractivity contribution in [2.75, 3.05) is 27.1 Å². The lowest BCUT2D eigenvalue weighted by Gasteiger charge is -2.04. The fourth-order valence-corrected chi connectivity index (χ4v) is 4.62. The van der Waals surface area contributed by atoms with Gasteiger partial charge in [0.2, 0.25) is 5.91 Å². The highest BCUT2D eigenvalue weighted by Crippen LogP contribution is 2.24. The van der Waals surface area contributed by atoms with Crippen LogP contribution in [0.15, 0.2) is 52.4 Å². The Bertz CT molecular complexity index is 1100. The SMILES string of the molecule is COC(=O)Cn1c(=NC(=O)CCSc2ccc(OC)cc2)sc2cc(OC)ccc21. The van der Waals surface area contributed by atoms with Crippen LogP contribution in [0.5, 0.6) is 11.5 Å². The van der Waals surface area contributed by atoms with Crippen LogP contribution in [0.25, 0.3) is 10.2 Å². The molecule has 0 unspecified atom stereocenters. The van der Waals surface area contributed by atoms with Crippen LogP contribution in [0.1, 0.15) is 6.42 Å². The number of methoxy groups -OCH3 is 3. The van der Waals surface area contributed by atoms with E-state index in [1.165, 1.54) is 18.4 Å². The van der Waals surface area contributed by atoms with E-state index in [0.717, 1.165) is 20.9 Å². The Morgan fingerprint density at radius 2 is 1.73 bits per heavy atom. The van der Waals surface area contributed by atoms with Gasteiger partial charge >= 0.3 is 5.97 Å². The fraction of sp³-hybridized carbons (Fsp3) is 0.286. The minimum absolute atomic E-state index is 0.0183. The van der Waals surface area contributed by atoms with Crippen molar-refractivity contribution < 1.29 is 23.8 Å². The van der Waals surface area contributed by atoms with Gasteiger partial charge in [-0.1, -0.05) is 11.3 Å². The van der Waals surface area contributed by atoms with E-state index in [4.69, 9.17) is 14.2 Å². The van der Waals surface area contributed by atoms with Gasteiger partial charge < -0.3 is 18.8 Å². The quantitative estimate of drug-likeness (QED) is 0.389. The molecule has 0 spiro atoms. The van der Waals surface area contributed by atoms with Crippen molar-refractivity contribution in [2.24, 2.45) is 4.99 Å². The van der Waals surface area contributed by atoms with Crippen LogP contribution in [-0.4, -0.2) is 43.5 Å². The predicted octanol–water partition coefficient (Wildman–Crippen LogP) is 3.50. The van der Waals surface area contributed by atoms with Gasteiger partial charge in [-0.3, -0.25) is 9.59 Å². The summed E-state index contributed by atoms with van der Waals surface area (Å²) in [6.45, 7) is -0.0183. The number of ether oxygens (including phenoxy) is 3. The van der Waals surface area contributed by atoms with Crippen molar-refractivity contribution in [2.45, 2.75) is 17.9 Å². The maximum atomic E-state index is 12.5. The molecule has 0 aliphatic rings. The summed E-state index contributed by atoms with van der Waals surface area (Å²) in [5, 5.41) is 0. The summed E-state index contributed by atoms with van der Waals surface area (Å²) in [6.07, 6.45) is 0.284. The molecule has 0 fully saturated rings. The number of hydrogen-bond donors (Lipinski definition) is 0. The molecule has 7 nitrogen and oxygen atoms in total. The monoisotopic (exact) mass is 446 g/mol. The second-order valence-corrected chi connectivity index (χ2v) is 8.34. The van der Waals surface area contributed by atoms with Crippen LogP contribution in [-0.2, 0) is 20.9 Å². The van der Waals surface area contributed by atoms with E-state index in [-0.39, 0.29) is 18.9 Å². The van der Waals surface area contributed by atoms with Crippen LogP contribution in [0, 0.1) is 0 Å². The van der Waals surface area contributed by atoms with E-state index in [0.29, 0.717) is 16.3 Å². The highest BCUT2D eigenvalue weighted by atomic mass is 32.2. The number of fused-ring (bicyclic) bond motifs is 1. The molecule has 30 heavy (non-hydrogen) atoms. The van der Waals surface area contributed by atoms with Crippen molar-refractivity contribution in [1.29, 1.82) is 0 Å². The summed E-state index contributed by atoms with van der Waals surface area (Å²) in [5.41, 5.74) is 0.797. The number of hydrogen-bond acceptors (Lipinski definition) is 7. The molecular formula is C21H22N2O5S2. The number of esters is 1.